The Balaban J connectivity index is -0.000000143. The average Bonchev–Trinajstić information content (AvgIpc) is 2.87. The van der Waals surface area contributed by atoms with Crippen LogP contribution in [0, 0.1) is 0 Å². The summed E-state index contributed by atoms with van der Waals surface area (Å²) >= 11 is 0. The molecular formula is C8H8Ca3O11Si2. The van der Waals surface area contributed by atoms with Crippen LogP contribution in [0.1, 0.15) is 0 Å². The van der Waals surface area contributed by atoms with Crippen LogP contribution >= 0.6 is 0 Å². The van der Waals surface area contributed by atoms with E-state index >= 15 is 0 Å². The Morgan fingerprint density at radius 2 is 0.958 bits per heavy atom. The van der Waals surface area contributed by atoms with Crippen LogP contribution in [0.5, 0.6) is 11.9 Å². The molecule has 11 nitrogen and oxygen atoms in total. The summed E-state index contributed by atoms with van der Waals surface area (Å²) in [5.74, 6) is -0.599. The van der Waals surface area contributed by atoms with Crippen molar-refractivity contribution >= 4 is 131 Å². The molecule has 0 atom stereocenters. The maximum atomic E-state index is 9.92. The quantitative estimate of drug-likeness (QED) is 0.396. The summed E-state index contributed by atoms with van der Waals surface area (Å²) in [7, 11) is -10.4. The van der Waals surface area contributed by atoms with Gasteiger partial charge < -0.3 is 51.9 Å². The number of hydrogen-bond acceptors (Lipinski definition) is 10. The van der Waals surface area contributed by atoms with Gasteiger partial charge in [-0.1, -0.05) is 0 Å². The van der Waals surface area contributed by atoms with Gasteiger partial charge in [0.05, 0.1) is 12.5 Å². The van der Waals surface area contributed by atoms with Crippen molar-refractivity contribution in [2.24, 2.45) is 0 Å². The van der Waals surface area contributed by atoms with Gasteiger partial charge in [-0.25, -0.2) is 0 Å². The Hall–Kier alpha value is 2.09. The van der Waals surface area contributed by atoms with Gasteiger partial charge in [-0.05, 0) is 30.2 Å². The van der Waals surface area contributed by atoms with Crippen molar-refractivity contribution in [3.63, 3.8) is 0 Å². The molecule has 0 radical (unpaired) electrons. The van der Waals surface area contributed by atoms with E-state index in [1.54, 1.807) is 0 Å². The van der Waals surface area contributed by atoms with Crippen molar-refractivity contribution in [3.05, 3.63) is 36.8 Å². The summed E-state index contributed by atoms with van der Waals surface area (Å²) in [5, 5.41) is 0. The molecule has 0 bridgehead atoms. The topological polar surface area (TPSA) is 215 Å². The predicted octanol–water partition coefficient (Wildman–Crippen LogP) is -7.62. The molecule has 0 aromatic carbocycles. The van der Waals surface area contributed by atoms with Crippen molar-refractivity contribution in [3.8, 4) is 11.9 Å². The molecule has 0 fully saturated rings. The fourth-order valence-electron chi connectivity index (χ4n) is 0.890. The molecule has 24 heavy (non-hydrogen) atoms. The molecule has 0 aliphatic carbocycles. The number of rotatable bonds is 4. The third-order valence-electron chi connectivity index (χ3n) is 1.44. The van der Waals surface area contributed by atoms with Crippen LogP contribution in [0.25, 0.3) is 0 Å². The SMILES string of the molecule is O.[Ca+2].[Ca+2].[Ca+2].[O-][Si]([O-])([O-])Oc1ccco1.[O-][Si]([O-])([O-])Oc1ccco1. The van der Waals surface area contributed by atoms with E-state index < -0.39 is 18.1 Å². The third-order valence-corrected chi connectivity index (χ3v) is 2.34. The number of furan rings is 2. The summed E-state index contributed by atoms with van der Waals surface area (Å²) in [4.78, 5) is 59.5. The van der Waals surface area contributed by atoms with Crippen molar-refractivity contribution in [1.82, 2.24) is 0 Å². The zero-order valence-corrected chi connectivity index (χ0v) is 20.8. The van der Waals surface area contributed by atoms with Gasteiger partial charge in [0.2, 0.25) is 0 Å². The van der Waals surface area contributed by atoms with E-state index in [0.29, 0.717) is 0 Å². The van der Waals surface area contributed by atoms with Crippen LogP contribution in [0.15, 0.2) is 45.6 Å². The first-order valence-corrected chi connectivity index (χ1v) is 8.10. The minimum Gasteiger partial charge on any atom is -0.851 e. The molecule has 120 valence electrons. The molecule has 2 heterocycles. The van der Waals surface area contributed by atoms with Gasteiger partial charge in [0.25, 0.3) is 11.9 Å². The van der Waals surface area contributed by atoms with Gasteiger partial charge in [0.1, 0.15) is 0 Å². The molecule has 2 N–H and O–H groups in total. The standard InChI is InChI=1S/2C4H3O5Si.3Ca.H2O/c2*5-10(6,7)9-4-2-1-3-8-4;;;;/h2*1-3H;;;;1H2/q2*-3;3*+2;. The summed E-state index contributed by atoms with van der Waals surface area (Å²) in [5.41, 5.74) is 0. The zero-order valence-electron chi connectivity index (χ0n) is 12.2. The zero-order chi connectivity index (χ0) is 15.2. The first kappa shape index (κ1) is 33.7. The van der Waals surface area contributed by atoms with Gasteiger partial charge in [0, 0.05) is 12.1 Å². The molecule has 0 aliphatic heterocycles. The van der Waals surface area contributed by atoms with Gasteiger partial charge in [-0.3, -0.25) is 0 Å². The maximum Gasteiger partial charge on any atom is 2.00 e. The van der Waals surface area contributed by atoms with E-state index in [9.17, 15) is 28.8 Å². The smallest absolute Gasteiger partial charge is 0.851 e. The van der Waals surface area contributed by atoms with E-state index in [1.807, 2.05) is 0 Å². The Labute approximate surface area is 228 Å². The molecule has 0 aliphatic rings. The van der Waals surface area contributed by atoms with Crippen LogP contribution in [0.4, 0.5) is 0 Å². The fourth-order valence-corrected chi connectivity index (χ4v) is 1.61. The molecule has 16 heteroatoms. The first-order chi connectivity index (χ1) is 9.16. The van der Waals surface area contributed by atoms with Crippen molar-refractivity contribution in [2.75, 3.05) is 0 Å². The second-order valence-electron chi connectivity index (χ2n) is 3.07. The van der Waals surface area contributed by atoms with Crippen LogP contribution in [0.3, 0.4) is 0 Å². The molecule has 2 rings (SSSR count). The van der Waals surface area contributed by atoms with Gasteiger partial charge in [0.15, 0.2) is 0 Å². The molecule has 2 aromatic heterocycles. The van der Waals surface area contributed by atoms with E-state index in [0.717, 1.165) is 0 Å². The van der Waals surface area contributed by atoms with E-state index in [4.69, 9.17) is 0 Å². The summed E-state index contributed by atoms with van der Waals surface area (Å²) in [6, 6.07) is 5.29. The normalized spacial score (nSPS) is 9.58. The summed E-state index contributed by atoms with van der Waals surface area (Å²) < 4.78 is 16.5. The van der Waals surface area contributed by atoms with Crippen LogP contribution in [0.2, 0.25) is 0 Å². The van der Waals surface area contributed by atoms with Crippen molar-refractivity contribution in [2.45, 2.75) is 0 Å². The Bertz CT molecular complexity index is 436. The predicted molar refractivity (Wildman–Crippen MR) is 71.1 cm³/mol. The minimum absolute atomic E-state index is 0. The Kier molecular flexibility index (Phi) is 22.6. The first-order valence-electron chi connectivity index (χ1n) is 4.83. The van der Waals surface area contributed by atoms with Gasteiger partial charge >= 0.3 is 113 Å². The summed E-state index contributed by atoms with van der Waals surface area (Å²) in [6.07, 6.45) is 2.41. The molecule has 0 spiro atoms. The molecule has 0 amide bonds. The molecule has 2 aromatic rings. The molecule has 0 saturated heterocycles. The molecular weight excluding hydrogens is 448 g/mol. The maximum absolute atomic E-state index is 9.92. The van der Waals surface area contributed by atoms with Crippen LogP contribution in [-0.2, 0) is 0 Å². The third kappa shape index (κ3) is 18.9. The van der Waals surface area contributed by atoms with Gasteiger partial charge in [-0.15, -0.1) is 0 Å². The van der Waals surface area contributed by atoms with Crippen LogP contribution in [-0.4, -0.2) is 137 Å². The van der Waals surface area contributed by atoms with E-state index in [1.165, 1.54) is 36.8 Å². The van der Waals surface area contributed by atoms with E-state index in [2.05, 4.69) is 17.7 Å². The second-order valence-corrected chi connectivity index (χ2v) is 5.48. The summed E-state index contributed by atoms with van der Waals surface area (Å²) in [6.45, 7) is 0. The van der Waals surface area contributed by atoms with Crippen molar-refractivity contribution in [1.29, 1.82) is 0 Å². The molecule has 0 saturated carbocycles. The second kappa shape index (κ2) is 16.1. The average molecular weight is 457 g/mol. The Morgan fingerprint density at radius 3 is 1.12 bits per heavy atom. The minimum atomic E-state index is -5.21. The van der Waals surface area contributed by atoms with Gasteiger partial charge in [-0.2, -0.15) is 0 Å². The van der Waals surface area contributed by atoms with Crippen molar-refractivity contribution < 1.29 is 51.9 Å². The van der Waals surface area contributed by atoms with Crippen LogP contribution < -0.4 is 37.6 Å². The largest absolute Gasteiger partial charge is 2.00 e. The van der Waals surface area contributed by atoms with E-state index in [-0.39, 0.29) is 131 Å². The fraction of sp³-hybridized carbons (Fsp3) is 0. The Morgan fingerprint density at radius 1 is 0.667 bits per heavy atom. The number of hydrogen-bond donors (Lipinski definition) is 0. The monoisotopic (exact) mass is 456 g/mol. The molecule has 0 unspecified atom stereocenters.